The molecule has 4 heterocycles. The highest BCUT2D eigenvalue weighted by Crippen LogP contribution is 2.46. The van der Waals surface area contributed by atoms with Crippen molar-refractivity contribution in [3.63, 3.8) is 0 Å². The zero-order chi connectivity index (χ0) is 24.2. The van der Waals surface area contributed by atoms with Crippen molar-refractivity contribution in [3.8, 4) is 0 Å². The predicted octanol–water partition coefficient (Wildman–Crippen LogP) is 3.97. The zero-order valence-corrected chi connectivity index (χ0v) is 21.0. The van der Waals surface area contributed by atoms with Crippen LogP contribution in [0.5, 0.6) is 0 Å². The molecular weight excluding hydrogens is 466 g/mol. The smallest absolute Gasteiger partial charge is 0.229 e. The Balaban J connectivity index is 1.14. The van der Waals surface area contributed by atoms with Gasteiger partial charge in [-0.25, -0.2) is 4.98 Å². The number of aliphatic hydroxyl groups excluding tert-OH is 1. The fourth-order valence-corrected chi connectivity index (χ4v) is 6.63. The van der Waals surface area contributed by atoms with Crippen LogP contribution in [0, 0.1) is 11.8 Å². The first-order valence-corrected chi connectivity index (χ1v) is 13.3. The number of nitrogens with zero attached hydrogens (tertiary/aromatic N) is 2. The van der Waals surface area contributed by atoms with E-state index in [1.807, 2.05) is 12.1 Å². The lowest BCUT2D eigenvalue weighted by Gasteiger charge is -2.43. The summed E-state index contributed by atoms with van der Waals surface area (Å²) in [6.45, 7) is 5.71. The maximum Gasteiger partial charge on any atom is 0.229 e. The average molecular weight is 500 g/mol. The summed E-state index contributed by atoms with van der Waals surface area (Å²) in [5, 5.41) is 16.2. The fourth-order valence-electron chi connectivity index (χ4n) is 6.31. The first-order chi connectivity index (χ1) is 16.9. The van der Waals surface area contributed by atoms with E-state index in [2.05, 4.69) is 28.2 Å². The number of nitrogens with one attached hydrogen (secondary N) is 1. The second-order valence-corrected chi connectivity index (χ2v) is 11.4. The van der Waals surface area contributed by atoms with Gasteiger partial charge >= 0.3 is 0 Å². The monoisotopic (exact) mass is 499 g/mol. The third kappa shape index (κ3) is 4.46. The molecule has 1 aromatic carbocycles. The number of rotatable bonds is 5. The number of pyridine rings is 1. The van der Waals surface area contributed by atoms with Crippen molar-refractivity contribution in [3.05, 3.63) is 35.0 Å². The standard InChI is InChI=1S/C27H34ClN3O4/c1-27(15-34-14-24(27)32)31-6-4-16(5-7-31)19-9-17-11-25(29-13-18(17)10-22(19)28)30-26(33)21-12-20(21)23-3-2-8-35-23/h9-11,13,16,20-21,23-24,32H,2-8,12,14-15H2,1H3,(H,29,30,33)/t20-,21-,23?,24+,27-/m1/s1. The van der Waals surface area contributed by atoms with Crippen molar-refractivity contribution >= 4 is 34.1 Å². The van der Waals surface area contributed by atoms with Crippen LogP contribution in [0.15, 0.2) is 24.4 Å². The van der Waals surface area contributed by atoms with Gasteiger partial charge in [0.25, 0.3) is 0 Å². The topological polar surface area (TPSA) is 83.9 Å². The van der Waals surface area contributed by atoms with E-state index in [0.29, 0.717) is 30.9 Å². The molecule has 5 atom stereocenters. The minimum absolute atomic E-state index is 0.0344. The largest absolute Gasteiger partial charge is 0.389 e. The number of benzene rings is 1. The van der Waals surface area contributed by atoms with Gasteiger partial charge in [0.1, 0.15) is 5.82 Å². The molecule has 3 saturated heterocycles. The van der Waals surface area contributed by atoms with E-state index in [9.17, 15) is 9.90 Å². The van der Waals surface area contributed by atoms with Crippen molar-refractivity contribution in [1.29, 1.82) is 0 Å². The molecule has 6 rings (SSSR count). The average Bonchev–Trinajstić information content (AvgIpc) is 3.32. The van der Waals surface area contributed by atoms with Gasteiger partial charge in [0.15, 0.2) is 0 Å². The molecule has 35 heavy (non-hydrogen) atoms. The number of fused-ring (bicyclic) bond motifs is 1. The number of ether oxygens (including phenoxy) is 2. The Labute approximate surface area is 211 Å². The van der Waals surface area contributed by atoms with Crippen LogP contribution >= 0.6 is 11.6 Å². The van der Waals surface area contributed by atoms with Gasteiger partial charge in [-0.15, -0.1) is 0 Å². The number of anilines is 1. The van der Waals surface area contributed by atoms with Crippen molar-refractivity contribution in [2.45, 2.75) is 62.7 Å². The lowest BCUT2D eigenvalue weighted by atomic mass is 9.85. The molecule has 1 aromatic heterocycles. The van der Waals surface area contributed by atoms with Gasteiger partial charge < -0.3 is 19.9 Å². The Hall–Kier alpha value is -1.77. The zero-order valence-electron chi connectivity index (χ0n) is 20.2. The summed E-state index contributed by atoms with van der Waals surface area (Å²) in [7, 11) is 0. The predicted molar refractivity (Wildman–Crippen MR) is 135 cm³/mol. The van der Waals surface area contributed by atoms with Crippen LogP contribution in [0.25, 0.3) is 10.8 Å². The Kier molecular flexibility index (Phi) is 6.26. The van der Waals surface area contributed by atoms with Crippen LogP contribution in [0.2, 0.25) is 5.02 Å². The number of piperidine rings is 1. The van der Waals surface area contributed by atoms with Crippen LogP contribution in [0.1, 0.15) is 50.5 Å². The first kappa shape index (κ1) is 23.6. The van der Waals surface area contributed by atoms with Crippen LogP contribution in [0.3, 0.4) is 0 Å². The van der Waals surface area contributed by atoms with Gasteiger partial charge in [-0.2, -0.15) is 0 Å². The van der Waals surface area contributed by atoms with Gasteiger partial charge in [-0.1, -0.05) is 11.6 Å². The highest BCUT2D eigenvalue weighted by atomic mass is 35.5. The molecule has 0 bridgehead atoms. The molecule has 188 valence electrons. The van der Waals surface area contributed by atoms with Gasteiger partial charge in [0.05, 0.1) is 31.0 Å². The van der Waals surface area contributed by atoms with E-state index in [4.69, 9.17) is 21.1 Å². The van der Waals surface area contributed by atoms with E-state index in [0.717, 1.165) is 73.2 Å². The number of carbonyl (C=O) groups excluding carboxylic acids is 1. The van der Waals surface area contributed by atoms with Crippen LogP contribution in [-0.2, 0) is 14.3 Å². The Bertz CT molecular complexity index is 1120. The first-order valence-electron chi connectivity index (χ1n) is 12.9. The molecule has 1 amide bonds. The summed E-state index contributed by atoms with van der Waals surface area (Å²) >= 11 is 6.72. The highest BCUT2D eigenvalue weighted by Gasteiger charge is 2.49. The van der Waals surface area contributed by atoms with Crippen LogP contribution in [-0.4, -0.2) is 71.6 Å². The Morgan fingerprint density at radius 2 is 2.06 bits per heavy atom. The summed E-state index contributed by atoms with van der Waals surface area (Å²) in [6, 6.07) is 6.11. The van der Waals surface area contributed by atoms with Crippen molar-refractivity contribution in [2.75, 3.05) is 38.2 Å². The summed E-state index contributed by atoms with van der Waals surface area (Å²) in [5.41, 5.74) is 0.845. The molecule has 8 heteroatoms. The minimum atomic E-state index is -0.443. The number of halogens is 1. The van der Waals surface area contributed by atoms with E-state index < -0.39 is 6.10 Å². The number of hydrogen-bond donors (Lipinski definition) is 2. The third-order valence-corrected chi connectivity index (χ3v) is 9.08. The van der Waals surface area contributed by atoms with E-state index in [1.165, 1.54) is 0 Å². The Morgan fingerprint density at radius 1 is 1.23 bits per heavy atom. The molecule has 2 N–H and O–H groups in total. The molecule has 1 saturated carbocycles. The molecule has 2 aromatic rings. The number of likely N-dealkylation sites (tertiary alicyclic amines) is 1. The number of carbonyl (C=O) groups is 1. The van der Waals surface area contributed by atoms with Gasteiger partial charge in [-0.05, 0) is 93.1 Å². The lowest BCUT2D eigenvalue weighted by Crippen LogP contribution is -2.56. The maximum absolute atomic E-state index is 12.8. The molecule has 1 unspecified atom stereocenters. The number of aliphatic hydroxyl groups is 1. The third-order valence-electron chi connectivity index (χ3n) is 8.75. The fraction of sp³-hybridized carbons (Fsp3) is 0.630. The summed E-state index contributed by atoms with van der Waals surface area (Å²) in [4.78, 5) is 19.6. The second kappa shape index (κ2) is 9.27. The van der Waals surface area contributed by atoms with Crippen LogP contribution < -0.4 is 5.32 Å². The van der Waals surface area contributed by atoms with Gasteiger partial charge in [-0.3, -0.25) is 9.69 Å². The Morgan fingerprint density at radius 3 is 2.77 bits per heavy atom. The molecule has 0 spiro atoms. The summed E-state index contributed by atoms with van der Waals surface area (Å²) in [5.74, 6) is 1.38. The maximum atomic E-state index is 12.8. The molecule has 1 aliphatic carbocycles. The molecule has 0 radical (unpaired) electrons. The minimum Gasteiger partial charge on any atom is -0.389 e. The van der Waals surface area contributed by atoms with Crippen LogP contribution in [0.4, 0.5) is 5.82 Å². The summed E-state index contributed by atoms with van der Waals surface area (Å²) in [6.07, 6.45) is 6.63. The van der Waals surface area contributed by atoms with Crippen molar-refractivity contribution < 1.29 is 19.4 Å². The second-order valence-electron chi connectivity index (χ2n) is 11.0. The normalized spacial score (nSPS) is 33.9. The lowest BCUT2D eigenvalue weighted by molar-refractivity contribution is -0.118. The van der Waals surface area contributed by atoms with E-state index in [-0.39, 0.29) is 23.5 Å². The SMILES string of the molecule is C[C@@]1(N2CCC(c3cc4cc(NC(=O)[C@@H]5C[C@H]5C5CCCO5)ncc4cc3Cl)CC2)COC[C@@H]1O. The number of aromatic nitrogens is 1. The molecule has 4 aliphatic rings. The van der Waals surface area contributed by atoms with E-state index in [1.54, 1.807) is 6.20 Å². The van der Waals surface area contributed by atoms with Gasteiger partial charge in [0, 0.05) is 29.1 Å². The number of amides is 1. The number of hydrogen-bond acceptors (Lipinski definition) is 6. The summed E-state index contributed by atoms with van der Waals surface area (Å²) < 4.78 is 11.3. The molecular formula is C27H34ClN3O4. The molecule has 3 aliphatic heterocycles. The molecule has 4 fully saturated rings. The quantitative estimate of drug-likeness (QED) is 0.647. The highest BCUT2D eigenvalue weighted by molar-refractivity contribution is 6.32. The van der Waals surface area contributed by atoms with E-state index >= 15 is 0 Å². The van der Waals surface area contributed by atoms with Gasteiger partial charge in [0.2, 0.25) is 5.91 Å². The van der Waals surface area contributed by atoms with Crippen molar-refractivity contribution in [2.24, 2.45) is 11.8 Å². The molecule has 7 nitrogen and oxygen atoms in total. The van der Waals surface area contributed by atoms with Crippen molar-refractivity contribution in [1.82, 2.24) is 9.88 Å².